The van der Waals surface area contributed by atoms with Gasteiger partial charge in [-0.25, -0.2) is 4.79 Å². The first-order valence-electron chi connectivity index (χ1n) is 5.33. The number of aromatic hydroxyl groups is 1. The summed E-state index contributed by atoms with van der Waals surface area (Å²) >= 11 is 0. The van der Waals surface area contributed by atoms with Gasteiger partial charge in [0.2, 0.25) is 0 Å². The van der Waals surface area contributed by atoms with Crippen LogP contribution in [-0.4, -0.2) is 28.7 Å². The van der Waals surface area contributed by atoms with E-state index in [1.807, 2.05) is 26.0 Å². The molecule has 1 aliphatic heterocycles. The average molecular weight is 221 g/mol. The van der Waals surface area contributed by atoms with Crippen LogP contribution in [0.15, 0.2) is 24.3 Å². The van der Waals surface area contributed by atoms with Crippen LogP contribution >= 0.6 is 0 Å². The number of phenols is 1. The van der Waals surface area contributed by atoms with Crippen LogP contribution in [0.5, 0.6) is 5.75 Å². The van der Waals surface area contributed by atoms with Gasteiger partial charge in [0.05, 0.1) is 6.04 Å². The lowest BCUT2D eigenvalue weighted by atomic mass is 10.1. The SMILES string of the molecule is CC(C)N1C(=O)OCC1c1ccc(O)cc1. The molecule has 86 valence electrons. The van der Waals surface area contributed by atoms with Gasteiger partial charge in [0.15, 0.2) is 0 Å². The van der Waals surface area contributed by atoms with E-state index in [-0.39, 0.29) is 23.9 Å². The van der Waals surface area contributed by atoms with Gasteiger partial charge >= 0.3 is 6.09 Å². The second kappa shape index (κ2) is 4.04. The first-order valence-corrected chi connectivity index (χ1v) is 5.33. The number of benzene rings is 1. The summed E-state index contributed by atoms with van der Waals surface area (Å²) in [5.41, 5.74) is 0.984. The summed E-state index contributed by atoms with van der Waals surface area (Å²) in [6.07, 6.45) is -0.270. The number of carbonyl (C=O) groups is 1. The molecule has 2 rings (SSSR count). The molecule has 0 bridgehead atoms. The molecule has 0 radical (unpaired) electrons. The first-order chi connectivity index (χ1) is 7.59. The Labute approximate surface area is 94.4 Å². The number of hydrogen-bond donors (Lipinski definition) is 1. The van der Waals surface area contributed by atoms with Crippen LogP contribution in [0.3, 0.4) is 0 Å². The van der Waals surface area contributed by atoms with Gasteiger partial charge in [-0.1, -0.05) is 12.1 Å². The smallest absolute Gasteiger partial charge is 0.410 e. The van der Waals surface area contributed by atoms with E-state index >= 15 is 0 Å². The highest BCUT2D eigenvalue weighted by molar-refractivity contribution is 5.71. The van der Waals surface area contributed by atoms with E-state index in [9.17, 15) is 9.90 Å². The van der Waals surface area contributed by atoms with Gasteiger partial charge in [-0.15, -0.1) is 0 Å². The fraction of sp³-hybridized carbons (Fsp3) is 0.417. The molecule has 1 fully saturated rings. The molecule has 4 heteroatoms. The third-order valence-corrected chi connectivity index (χ3v) is 2.75. The third kappa shape index (κ3) is 1.83. The van der Waals surface area contributed by atoms with Crippen LogP contribution in [0.25, 0.3) is 0 Å². The molecule has 0 spiro atoms. The van der Waals surface area contributed by atoms with Crippen LogP contribution < -0.4 is 0 Å². The molecule has 1 aromatic rings. The van der Waals surface area contributed by atoms with E-state index in [0.717, 1.165) is 5.56 Å². The number of nitrogens with zero attached hydrogens (tertiary/aromatic N) is 1. The number of hydrogen-bond acceptors (Lipinski definition) is 3. The zero-order chi connectivity index (χ0) is 11.7. The van der Waals surface area contributed by atoms with E-state index in [2.05, 4.69) is 0 Å². The molecule has 1 saturated heterocycles. The van der Waals surface area contributed by atoms with Gasteiger partial charge in [-0.3, -0.25) is 4.90 Å². The minimum absolute atomic E-state index is 0.0481. The molecule has 1 aliphatic rings. The van der Waals surface area contributed by atoms with Crippen molar-refractivity contribution in [3.63, 3.8) is 0 Å². The van der Waals surface area contributed by atoms with Crippen LogP contribution in [0.2, 0.25) is 0 Å². The number of carbonyl (C=O) groups excluding carboxylic acids is 1. The average Bonchev–Trinajstić information content (AvgIpc) is 2.61. The predicted molar refractivity (Wildman–Crippen MR) is 59.2 cm³/mol. The Morgan fingerprint density at radius 3 is 2.56 bits per heavy atom. The van der Waals surface area contributed by atoms with Crippen molar-refractivity contribution in [3.8, 4) is 5.75 Å². The molecule has 16 heavy (non-hydrogen) atoms. The summed E-state index contributed by atoms with van der Waals surface area (Å²) in [5.74, 6) is 0.227. The zero-order valence-corrected chi connectivity index (χ0v) is 9.38. The van der Waals surface area contributed by atoms with Crippen molar-refractivity contribution >= 4 is 6.09 Å². The second-order valence-corrected chi connectivity index (χ2v) is 4.19. The largest absolute Gasteiger partial charge is 0.508 e. The second-order valence-electron chi connectivity index (χ2n) is 4.19. The first kappa shape index (κ1) is 10.8. The Hall–Kier alpha value is -1.71. The molecule has 1 unspecified atom stereocenters. The summed E-state index contributed by atoms with van der Waals surface area (Å²) in [4.78, 5) is 13.2. The number of rotatable bonds is 2. The maximum atomic E-state index is 11.5. The highest BCUT2D eigenvalue weighted by Crippen LogP contribution is 2.30. The van der Waals surface area contributed by atoms with E-state index in [1.165, 1.54) is 0 Å². The van der Waals surface area contributed by atoms with Gasteiger partial charge in [-0.05, 0) is 31.5 Å². The predicted octanol–water partition coefficient (Wildman–Crippen LogP) is 2.29. The van der Waals surface area contributed by atoms with Crippen molar-refractivity contribution in [2.45, 2.75) is 25.9 Å². The Kier molecular flexibility index (Phi) is 2.73. The van der Waals surface area contributed by atoms with Crippen molar-refractivity contribution in [3.05, 3.63) is 29.8 Å². The minimum Gasteiger partial charge on any atom is -0.508 e. The quantitative estimate of drug-likeness (QED) is 0.833. The Morgan fingerprint density at radius 2 is 2.00 bits per heavy atom. The molecule has 0 saturated carbocycles. The Bertz CT molecular complexity index is 386. The summed E-state index contributed by atoms with van der Waals surface area (Å²) in [6.45, 7) is 4.29. The standard InChI is InChI=1S/C12H15NO3/c1-8(2)13-11(7-16-12(13)15)9-3-5-10(14)6-4-9/h3-6,8,11,14H,7H2,1-2H3. The fourth-order valence-electron chi connectivity index (χ4n) is 1.96. The van der Waals surface area contributed by atoms with Crippen LogP contribution in [0.1, 0.15) is 25.5 Å². The zero-order valence-electron chi connectivity index (χ0n) is 9.38. The number of ether oxygens (including phenoxy) is 1. The van der Waals surface area contributed by atoms with E-state index in [0.29, 0.717) is 6.61 Å². The van der Waals surface area contributed by atoms with Gasteiger partial charge in [0.1, 0.15) is 12.4 Å². The van der Waals surface area contributed by atoms with Crippen LogP contribution in [-0.2, 0) is 4.74 Å². The minimum atomic E-state index is -0.270. The number of amides is 1. The van der Waals surface area contributed by atoms with Gasteiger partial charge in [0, 0.05) is 6.04 Å². The molecule has 1 N–H and O–H groups in total. The van der Waals surface area contributed by atoms with E-state index < -0.39 is 0 Å². The summed E-state index contributed by atoms with van der Waals surface area (Å²) in [6, 6.07) is 6.93. The topological polar surface area (TPSA) is 49.8 Å². The Morgan fingerprint density at radius 1 is 1.38 bits per heavy atom. The third-order valence-electron chi connectivity index (χ3n) is 2.75. The van der Waals surface area contributed by atoms with E-state index in [1.54, 1.807) is 17.0 Å². The molecule has 1 heterocycles. The highest BCUT2D eigenvalue weighted by atomic mass is 16.6. The lowest BCUT2D eigenvalue weighted by molar-refractivity contribution is 0.149. The van der Waals surface area contributed by atoms with Crippen molar-refractivity contribution in [1.29, 1.82) is 0 Å². The lowest BCUT2D eigenvalue weighted by Crippen LogP contribution is -2.33. The normalized spacial score (nSPS) is 20.3. The van der Waals surface area contributed by atoms with Crippen molar-refractivity contribution in [1.82, 2.24) is 4.90 Å². The molecular weight excluding hydrogens is 206 g/mol. The lowest BCUT2D eigenvalue weighted by Gasteiger charge is -2.25. The monoisotopic (exact) mass is 221 g/mol. The van der Waals surface area contributed by atoms with Gasteiger partial charge in [-0.2, -0.15) is 0 Å². The molecule has 1 aromatic carbocycles. The number of cyclic esters (lactones) is 1. The summed E-state index contributed by atoms with van der Waals surface area (Å²) in [7, 11) is 0. The number of phenolic OH excluding ortho intramolecular Hbond substituents is 1. The molecular formula is C12H15NO3. The maximum absolute atomic E-state index is 11.5. The van der Waals surface area contributed by atoms with Crippen molar-refractivity contribution < 1.29 is 14.6 Å². The maximum Gasteiger partial charge on any atom is 0.410 e. The molecule has 0 aliphatic carbocycles. The molecule has 0 aromatic heterocycles. The summed E-state index contributed by atoms with van der Waals surface area (Å²) in [5, 5.41) is 9.21. The summed E-state index contributed by atoms with van der Waals surface area (Å²) < 4.78 is 5.05. The van der Waals surface area contributed by atoms with Crippen molar-refractivity contribution in [2.24, 2.45) is 0 Å². The van der Waals surface area contributed by atoms with Gasteiger partial charge < -0.3 is 9.84 Å². The molecule has 1 amide bonds. The Balaban J connectivity index is 2.26. The molecule has 4 nitrogen and oxygen atoms in total. The fourth-order valence-corrected chi connectivity index (χ4v) is 1.96. The highest BCUT2D eigenvalue weighted by Gasteiger charge is 2.35. The van der Waals surface area contributed by atoms with Gasteiger partial charge in [0.25, 0.3) is 0 Å². The van der Waals surface area contributed by atoms with E-state index in [4.69, 9.17) is 4.74 Å². The van der Waals surface area contributed by atoms with Crippen LogP contribution in [0, 0.1) is 0 Å². The van der Waals surface area contributed by atoms with Crippen molar-refractivity contribution in [2.75, 3.05) is 6.61 Å². The van der Waals surface area contributed by atoms with Crippen LogP contribution in [0.4, 0.5) is 4.79 Å². The molecule has 1 atom stereocenters.